The number of nitrogens with zero attached hydrogens (tertiary/aromatic N) is 4. The van der Waals surface area contributed by atoms with Crippen LogP contribution in [0.25, 0.3) is 0 Å². The van der Waals surface area contributed by atoms with E-state index in [1.807, 2.05) is 0 Å². The highest BCUT2D eigenvalue weighted by atomic mass is 79.9. The molecular weight excluding hydrogens is 240 g/mol. The van der Waals surface area contributed by atoms with Gasteiger partial charge in [0.2, 0.25) is 0 Å². The average molecular weight is 243 g/mol. The van der Waals surface area contributed by atoms with Crippen molar-refractivity contribution >= 4 is 32.6 Å². The summed E-state index contributed by atoms with van der Waals surface area (Å²) < 4.78 is 0.492. The molecule has 0 fully saturated rings. The van der Waals surface area contributed by atoms with Gasteiger partial charge in [0, 0.05) is 11.0 Å². The van der Waals surface area contributed by atoms with Crippen LogP contribution in [0.4, 0.5) is 0 Å². The van der Waals surface area contributed by atoms with Gasteiger partial charge in [0.1, 0.15) is 4.62 Å². The summed E-state index contributed by atoms with van der Waals surface area (Å²) in [4.78, 5) is 13.8. The van der Waals surface area contributed by atoms with E-state index in [1.165, 1.54) is 12.3 Å². The Morgan fingerprint density at radius 2 is 2.31 bits per heavy atom. The molecule has 0 bridgehead atoms. The molecule has 0 saturated carbocycles. The van der Waals surface area contributed by atoms with E-state index < -0.39 is 11.0 Å². The SMILES string of the molecule is O=[N+]([O-])[C@H]1C=NC2=NN=C(Br)C2=C1. The van der Waals surface area contributed by atoms with E-state index in [4.69, 9.17) is 0 Å². The number of hydrogen-bond donors (Lipinski definition) is 0. The van der Waals surface area contributed by atoms with Gasteiger partial charge >= 0.3 is 0 Å². The van der Waals surface area contributed by atoms with Gasteiger partial charge in [-0.25, -0.2) is 4.99 Å². The molecule has 0 spiro atoms. The second-order valence-corrected chi connectivity index (χ2v) is 3.20. The molecule has 2 aliphatic rings. The molecule has 0 unspecified atom stereocenters. The first-order valence-corrected chi connectivity index (χ1v) is 4.19. The van der Waals surface area contributed by atoms with Crippen molar-refractivity contribution < 1.29 is 4.92 Å². The van der Waals surface area contributed by atoms with E-state index in [9.17, 15) is 10.1 Å². The lowest BCUT2D eigenvalue weighted by molar-refractivity contribution is -0.489. The molecule has 2 rings (SSSR count). The predicted octanol–water partition coefficient (Wildman–Crippen LogP) is 0.763. The van der Waals surface area contributed by atoms with Crippen LogP contribution in [0, 0.1) is 10.1 Å². The molecule has 6 nitrogen and oxygen atoms in total. The van der Waals surface area contributed by atoms with E-state index in [-0.39, 0.29) is 0 Å². The molecule has 2 heterocycles. The quantitative estimate of drug-likeness (QED) is 0.503. The van der Waals surface area contributed by atoms with E-state index in [1.54, 1.807) is 0 Å². The Morgan fingerprint density at radius 1 is 1.54 bits per heavy atom. The number of halogens is 1. The van der Waals surface area contributed by atoms with Crippen LogP contribution in [0.5, 0.6) is 0 Å². The maximum atomic E-state index is 10.4. The largest absolute Gasteiger partial charge is 0.267 e. The molecule has 1 atom stereocenters. The smallest absolute Gasteiger partial charge is 0.264 e. The molecule has 7 heteroatoms. The third-order valence-corrected chi connectivity index (χ3v) is 2.21. The monoisotopic (exact) mass is 242 g/mol. The van der Waals surface area contributed by atoms with E-state index in [0.717, 1.165) is 0 Å². The summed E-state index contributed by atoms with van der Waals surface area (Å²) in [6.07, 6.45) is 2.70. The number of nitro groups is 1. The third-order valence-electron chi connectivity index (χ3n) is 1.63. The second kappa shape index (κ2) is 2.84. The van der Waals surface area contributed by atoms with Crippen molar-refractivity contribution in [3.63, 3.8) is 0 Å². The van der Waals surface area contributed by atoms with Crippen molar-refractivity contribution in [1.82, 2.24) is 0 Å². The van der Waals surface area contributed by atoms with Gasteiger partial charge in [0.25, 0.3) is 6.04 Å². The summed E-state index contributed by atoms with van der Waals surface area (Å²) in [5.41, 5.74) is 0.587. The van der Waals surface area contributed by atoms with Crippen LogP contribution < -0.4 is 0 Å². The van der Waals surface area contributed by atoms with Gasteiger partial charge in [-0.3, -0.25) is 10.1 Å². The zero-order valence-corrected chi connectivity index (χ0v) is 7.80. The number of fused-ring (bicyclic) bond motifs is 1. The van der Waals surface area contributed by atoms with Gasteiger partial charge in [-0.2, -0.15) is 0 Å². The fourth-order valence-corrected chi connectivity index (χ4v) is 1.39. The molecule has 0 radical (unpaired) electrons. The minimum Gasteiger partial charge on any atom is -0.264 e. The molecule has 13 heavy (non-hydrogen) atoms. The van der Waals surface area contributed by atoms with Crippen LogP contribution in [-0.4, -0.2) is 27.6 Å². The van der Waals surface area contributed by atoms with Crippen LogP contribution in [-0.2, 0) is 0 Å². The first kappa shape index (κ1) is 8.24. The molecular formula is C6H3BrN4O2. The average Bonchev–Trinajstić information content (AvgIpc) is 2.47. The lowest BCUT2D eigenvalue weighted by Gasteiger charge is -2.05. The highest BCUT2D eigenvalue weighted by Crippen LogP contribution is 2.19. The summed E-state index contributed by atoms with van der Waals surface area (Å²) >= 11 is 3.13. The molecule has 0 saturated heterocycles. The maximum Gasteiger partial charge on any atom is 0.267 e. The lowest BCUT2D eigenvalue weighted by atomic mass is 10.1. The van der Waals surface area contributed by atoms with Gasteiger partial charge in [-0.1, -0.05) is 0 Å². The van der Waals surface area contributed by atoms with Crippen molar-refractivity contribution in [2.24, 2.45) is 15.2 Å². The Balaban J connectivity index is 2.36. The highest BCUT2D eigenvalue weighted by molar-refractivity contribution is 9.18. The van der Waals surface area contributed by atoms with Crippen molar-refractivity contribution in [1.29, 1.82) is 0 Å². The zero-order chi connectivity index (χ0) is 9.42. The molecule has 0 aromatic rings. The lowest BCUT2D eigenvalue weighted by Crippen LogP contribution is -2.24. The normalized spacial score (nSPS) is 24.7. The summed E-state index contributed by atoms with van der Waals surface area (Å²) in [6, 6.07) is -0.880. The molecule has 0 aromatic heterocycles. The minimum atomic E-state index is -0.880. The number of amidine groups is 1. The van der Waals surface area contributed by atoms with Gasteiger partial charge in [0.05, 0.1) is 11.8 Å². The van der Waals surface area contributed by atoms with Gasteiger partial charge < -0.3 is 0 Å². The molecule has 0 N–H and O–H groups in total. The summed E-state index contributed by atoms with van der Waals surface area (Å²) in [5.74, 6) is 0.421. The zero-order valence-electron chi connectivity index (χ0n) is 6.22. The van der Waals surface area contributed by atoms with Crippen LogP contribution in [0.2, 0.25) is 0 Å². The molecule has 0 amide bonds. The van der Waals surface area contributed by atoms with Crippen molar-refractivity contribution in [2.45, 2.75) is 6.04 Å². The number of hydrogen-bond acceptors (Lipinski definition) is 5. The van der Waals surface area contributed by atoms with Crippen LogP contribution in [0.1, 0.15) is 0 Å². The third kappa shape index (κ3) is 1.31. The van der Waals surface area contributed by atoms with Crippen LogP contribution in [0.15, 0.2) is 26.8 Å². The van der Waals surface area contributed by atoms with Gasteiger partial charge in [-0.15, -0.1) is 10.2 Å². The fourth-order valence-electron chi connectivity index (χ4n) is 1.01. The summed E-state index contributed by atoms with van der Waals surface area (Å²) in [5, 5.41) is 17.8. The van der Waals surface area contributed by atoms with Crippen molar-refractivity contribution in [3.05, 3.63) is 21.8 Å². The Labute approximate surface area is 81.0 Å². The van der Waals surface area contributed by atoms with E-state index >= 15 is 0 Å². The topological polar surface area (TPSA) is 80.2 Å². The molecule has 2 aliphatic heterocycles. The Morgan fingerprint density at radius 3 is 3.00 bits per heavy atom. The first-order valence-electron chi connectivity index (χ1n) is 3.40. The van der Waals surface area contributed by atoms with Gasteiger partial charge in [0.15, 0.2) is 5.84 Å². The number of rotatable bonds is 1. The Hall–Kier alpha value is -1.37. The Bertz CT molecular complexity index is 395. The van der Waals surface area contributed by atoms with Gasteiger partial charge in [-0.05, 0) is 15.9 Å². The fraction of sp³-hybridized carbons (Fsp3) is 0.167. The predicted molar refractivity (Wildman–Crippen MR) is 51.2 cm³/mol. The van der Waals surface area contributed by atoms with Crippen LogP contribution >= 0.6 is 15.9 Å². The molecule has 0 aliphatic carbocycles. The number of dihydropyridines is 1. The first-order chi connectivity index (χ1) is 6.18. The number of aliphatic imine (C=N–C) groups is 1. The van der Waals surface area contributed by atoms with Crippen molar-refractivity contribution in [3.8, 4) is 0 Å². The minimum absolute atomic E-state index is 0.421. The molecule has 0 aromatic carbocycles. The maximum absolute atomic E-state index is 10.4. The second-order valence-electron chi connectivity index (χ2n) is 2.45. The highest BCUT2D eigenvalue weighted by Gasteiger charge is 2.27. The van der Waals surface area contributed by atoms with E-state index in [2.05, 4.69) is 31.1 Å². The van der Waals surface area contributed by atoms with Crippen molar-refractivity contribution in [2.75, 3.05) is 0 Å². The molecule has 66 valence electrons. The summed E-state index contributed by atoms with van der Waals surface area (Å²) in [7, 11) is 0. The van der Waals surface area contributed by atoms with Crippen LogP contribution in [0.3, 0.4) is 0 Å². The Kier molecular flexibility index (Phi) is 1.80. The summed E-state index contributed by atoms with van der Waals surface area (Å²) in [6.45, 7) is 0. The van der Waals surface area contributed by atoms with E-state index in [0.29, 0.717) is 16.0 Å². The standard InChI is InChI=1S/C6H3BrN4O2/c7-5-4-1-3(11(12)13)2-8-6(4)10-9-5/h1-3H/t3-/m1/s1.